The average molecular weight is 198 g/mol. The molecule has 1 rings (SSSR count). The molecular formula is C10H15FN2O. The Bertz CT molecular complexity index is 241. The van der Waals surface area contributed by atoms with Crippen LogP contribution in [0.1, 0.15) is 19.4 Å². The van der Waals surface area contributed by atoms with Crippen molar-refractivity contribution >= 4 is 6.29 Å². The molecule has 0 saturated heterocycles. The van der Waals surface area contributed by atoms with Crippen molar-refractivity contribution in [2.75, 3.05) is 0 Å². The van der Waals surface area contributed by atoms with Gasteiger partial charge in [-0.2, -0.15) is 5.54 Å². The lowest BCUT2D eigenvalue weighted by molar-refractivity contribution is -0.106. The van der Waals surface area contributed by atoms with Crippen LogP contribution in [0.25, 0.3) is 0 Å². The van der Waals surface area contributed by atoms with Crippen molar-refractivity contribution in [2.24, 2.45) is 0 Å². The molecule has 0 spiro atoms. The number of aldehydes is 1. The Morgan fingerprint density at radius 2 is 2.07 bits per heavy atom. The zero-order valence-corrected chi connectivity index (χ0v) is 8.40. The van der Waals surface area contributed by atoms with Gasteiger partial charge < -0.3 is 4.79 Å². The van der Waals surface area contributed by atoms with Crippen LogP contribution in [0.3, 0.4) is 0 Å². The van der Waals surface area contributed by atoms with Gasteiger partial charge in [-0.15, -0.1) is 4.48 Å². The van der Waals surface area contributed by atoms with Crippen LogP contribution in [-0.2, 0) is 11.2 Å². The Labute approximate surface area is 83.3 Å². The maximum absolute atomic E-state index is 11.8. The van der Waals surface area contributed by atoms with Gasteiger partial charge in [-0.25, -0.2) is 0 Å². The van der Waals surface area contributed by atoms with Gasteiger partial charge >= 0.3 is 0 Å². The molecule has 0 fully saturated rings. The largest absolute Gasteiger partial charge is 0.304 e. The van der Waals surface area contributed by atoms with Crippen LogP contribution in [0.15, 0.2) is 24.5 Å². The fraction of sp³-hybridized carbons (Fsp3) is 0.400. The first-order valence-corrected chi connectivity index (χ1v) is 4.39. The van der Waals surface area contributed by atoms with Crippen LogP contribution in [-0.4, -0.2) is 17.3 Å². The lowest BCUT2D eigenvalue weighted by Crippen LogP contribution is -2.19. The number of halogens is 1. The maximum atomic E-state index is 11.8. The first-order chi connectivity index (χ1) is 6.74. The van der Waals surface area contributed by atoms with E-state index in [-0.39, 0.29) is 6.04 Å². The van der Waals surface area contributed by atoms with E-state index in [0.717, 1.165) is 11.8 Å². The Morgan fingerprint density at radius 1 is 1.57 bits per heavy atom. The normalized spacial score (nSPS) is 11.1. The van der Waals surface area contributed by atoms with Gasteiger partial charge in [0.2, 0.25) is 0 Å². The van der Waals surface area contributed by atoms with Crippen molar-refractivity contribution in [2.45, 2.75) is 26.3 Å². The van der Waals surface area contributed by atoms with Crippen LogP contribution in [0, 0.1) is 0 Å². The second kappa shape index (κ2) is 8.31. The highest BCUT2D eigenvalue weighted by Crippen LogP contribution is 2.00. The smallest absolute Gasteiger partial charge is 0.116 e. The molecule has 0 amide bonds. The van der Waals surface area contributed by atoms with E-state index in [1.807, 2.05) is 12.1 Å². The molecule has 0 aromatic carbocycles. The van der Waals surface area contributed by atoms with Crippen molar-refractivity contribution in [3.63, 3.8) is 0 Å². The van der Waals surface area contributed by atoms with Gasteiger partial charge in [0.25, 0.3) is 0 Å². The Morgan fingerprint density at radius 3 is 2.50 bits per heavy atom. The van der Waals surface area contributed by atoms with Crippen molar-refractivity contribution in [3.8, 4) is 0 Å². The molecule has 78 valence electrons. The van der Waals surface area contributed by atoms with E-state index in [0.29, 0.717) is 6.42 Å². The summed E-state index contributed by atoms with van der Waals surface area (Å²) in [6.07, 6.45) is 4.86. The van der Waals surface area contributed by atoms with Gasteiger partial charge in [0.15, 0.2) is 0 Å². The third-order valence-corrected chi connectivity index (χ3v) is 1.48. The van der Waals surface area contributed by atoms with Crippen molar-refractivity contribution in [1.29, 1.82) is 0 Å². The Hall–Kier alpha value is -1.29. The van der Waals surface area contributed by atoms with Gasteiger partial charge in [0.05, 0.1) is 0 Å². The number of hydrogen-bond acceptors (Lipinski definition) is 3. The lowest BCUT2D eigenvalue weighted by atomic mass is 10.1. The predicted octanol–water partition coefficient (Wildman–Crippen LogP) is 1.69. The highest BCUT2D eigenvalue weighted by atomic mass is 19.2. The highest BCUT2D eigenvalue weighted by molar-refractivity contribution is 5.44. The van der Waals surface area contributed by atoms with E-state index < -0.39 is 0 Å². The second-order valence-electron chi connectivity index (χ2n) is 2.81. The molecular weight excluding hydrogens is 183 g/mol. The monoisotopic (exact) mass is 198 g/mol. The number of nitrogens with zero attached hydrogens (tertiary/aromatic N) is 1. The van der Waals surface area contributed by atoms with Crippen LogP contribution < -0.4 is 5.54 Å². The van der Waals surface area contributed by atoms with Gasteiger partial charge in [0, 0.05) is 18.4 Å². The second-order valence-corrected chi connectivity index (χ2v) is 2.81. The predicted molar refractivity (Wildman–Crippen MR) is 53.4 cm³/mol. The summed E-state index contributed by atoms with van der Waals surface area (Å²) in [5.41, 5.74) is 2.79. The Balaban J connectivity index is 0.000000500. The third kappa shape index (κ3) is 6.25. The minimum atomic E-state index is -0.127. The van der Waals surface area contributed by atoms with E-state index in [4.69, 9.17) is 4.79 Å². The van der Waals surface area contributed by atoms with Crippen LogP contribution in [0.2, 0.25) is 0 Å². The third-order valence-electron chi connectivity index (χ3n) is 1.48. The maximum Gasteiger partial charge on any atom is 0.116 e. The van der Waals surface area contributed by atoms with Gasteiger partial charge in [-0.05, 0) is 38.0 Å². The van der Waals surface area contributed by atoms with Crippen LogP contribution >= 0.6 is 0 Å². The van der Waals surface area contributed by atoms with Crippen LogP contribution in [0.4, 0.5) is 4.48 Å². The molecule has 0 aliphatic heterocycles. The van der Waals surface area contributed by atoms with E-state index in [1.165, 1.54) is 6.92 Å². The van der Waals surface area contributed by atoms with E-state index in [1.54, 1.807) is 24.9 Å². The summed E-state index contributed by atoms with van der Waals surface area (Å²) in [5.74, 6) is 0. The van der Waals surface area contributed by atoms with Crippen molar-refractivity contribution in [1.82, 2.24) is 10.5 Å². The molecule has 1 unspecified atom stereocenters. The summed E-state index contributed by atoms with van der Waals surface area (Å²) in [5, 5.41) is 0. The summed E-state index contributed by atoms with van der Waals surface area (Å²) in [4.78, 5) is 12.7. The van der Waals surface area contributed by atoms with Crippen LogP contribution in [0.5, 0.6) is 0 Å². The molecule has 0 aliphatic carbocycles. The summed E-state index contributed by atoms with van der Waals surface area (Å²) in [7, 11) is 0. The number of pyridine rings is 1. The topological polar surface area (TPSA) is 42.0 Å². The molecule has 0 bridgehead atoms. The van der Waals surface area contributed by atoms with Crippen molar-refractivity contribution in [3.05, 3.63) is 30.1 Å². The average Bonchev–Trinajstić information content (AvgIpc) is 2.20. The molecule has 3 nitrogen and oxygen atoms in total. The van der Waals surface area contributed by atoms with Crippen molar-refractivity contribution < 1.29 is 9.28 Å². The molecule has 14 heavy (non-hydrogen) atoms. The number of rotatable bonds is 3. The molecule has 4 heteroatoms. The summed E-state index contributed by atoms with van der Waals surface area (Å²) in [6, 6.07) is 3.64. The summed E-state index contributed by atoms with van der Waals surface area (Å²) >= 11 is 0. The fourth-order valence-electron chi connectivity index (χ4n) is 0.911. The molecule has 1 heterocycles. The molecule has 1 atom stereocenters. The number of aromatic nitrogens is 1. The first-order valence-electron chi connectivity index (χ1n) is 4.39. The van der Waals surface area contributed by atoms with E-state index in [2.05, 4.69) is 4.98 Å². The summed E-state index contributed by atoms with van der Waals surface area (Å²) in [6.45, 7) is 3.24. The molecule has 0 aliphatic rings. The fourth-order valence-corrected chi connectivity index (χ4v) is 0.911. The zero-order chi connectivity index (χ0) is 10.8. The van der Waals surface area contributed by atoms with E-state index >= 15 is 0 Å². The van der Waals surface area contributed by atoms with E-state index in [9.17, 15) is 4.48 Å². The van der Waals surface area contributed by atoms with Gasteiger partial charge in [0.1, 0.15) is 6.29 Å². The van der Waals surface area contributed by atoms with Gasteiger partial charge in [-0.1, -0.05) is 0 Å². The minimum absolute atomic E-state index is 0.127. The lowest BCUT2D eigenvalue weighted by Gasteiger charge is -2.05. The SMILES string of the molecule is CC(Cc1ccncc1)NF.CC=O. The number of nitrogens with one attached hydrogen (secondary N) is 1. The number of carbonyl (C=O) groups is 1. The Kier molecular flexibility index (Phi) is 7.55. The quantitative estimate of drug-likeness (QED) is 0.593. The molecule has 1 N–H and O–H groups in total. The number of hydrogen-bond donors (Lipinski definition) is 1. The molecule has 1 aromatic heterocycles. The standard InChI is InChI=1S/C8H11FN2.C2H4O/c1-7(11-9)6-8-2-4-10-5-3-8;1-2-3/h2-5,7,11H,6H2,1H3;2H,1H3. The molecule has 0 saturated carbocycles. The summed E-state index contributed by atoms with van der Waals surface area (Å²) < 4.78 is 11.8. The molecule has 0 radical (unpaired) electrons. The zero-order valence-electron chi connectivity index (χ0n) is 8.40. The first kappa shape index (κ1) is 12.7. The number of carbonyl (C=O) groups excluding carboxylic acids is 1. The molecule has 1 aromatic rings. The minimum Gasteiger partial charge on any atom is -0.304 e. The van der Waals surface area contributed by atoms with Gasteiger partial charge in [-0.3, -0.25) is 4.98 Å². The highest BCUT2D eigenvalue weighted by Gasteiger charge is 2.00.